The van der Waals surface area contributed by atoms with E-state index in [9.17, 15) is 4.79 Å². The number of furan rings is 1. The molecule has 2 heterocycles. The third kappa shape index (κ3) is 4.98. The standard InChI is InChI=1S/C17H24N4O2S2/c1-12(15(22)21(2)13-7-4-3-5-8-13)24-17-20-19-16(25-17)18-11-14-9-6-10-23-14/h6,9-10,12-13H,3-5,7-8,11H2,1-2H3,(H,18,19). The molecule has 0 bridgehead atoms. The Kier molecular flexibility index (Phi) is 6.36. The van der Waals surface area contributed by atoms with E-state index in [1.807, 2.05) is 31.0 Å². The molecule has 1 fully saturated rings. The lowest BCUT2D eigenvalue weighted by atomic mass is 9.94. The molecule has 1 atom stereocenters. The molecule has 1 saturated carbocycles. The summed E-state index contributed by atoms with van der Waals surface area (Å²) in [6, 6.07) is 4.16. The van der Waals surface area contributed by atoms with E-state index in [1.165, 1.54) is 42.4 Å². The number of amides is 1. The molecule has 0 saturated heterocycles. The number of nitrogens with one attached hydrogen (secondary N) is 1. The highest BCUT2D eigenvalue weighted by atomic mass is 32.2. The first kappa shape index (κ1) is 18.3. The SMILES string of the molecule is CC(Sc1nnc(NCc2ccco2)s1)C(=O)N(C)C1CCCCC1. The fourth-order valence-electron chi connectivity index (χ4n) is 3.04. The second kappa shape index (κ2) is 8.71. The highest BCUT2D eigenvalue weighted by molar-refractivity contribution is 8.02. The first-order chi connectivity index (χ1) is 12.1. The molecule has 0 aliphatic heterocycles. The summed E-state index contributed by atoms with van der Waals surface area (Å²) in [6.45, 7) is 2.52. The number of thioether (sulfide) groups is 1. The molecule has 0 aromatic carbocycles. The number of nitrogens with zero attached hydrogens (tertiary/aromatic N) is 3. The normalized spacial score (nSPS) is 16.6. The molecule has 25 heavy (non-hydrogen) atoms. The second-order valence-electron chi connectivity index (χ2n) is 6.31. The van der Waals surface area contributed by atoms with Gasteiger partial charge in [0.1, 0.15) is 5.76 Å². The molecule has 6 nitrogen and oxygen atoms in total. The zero-order valence-electron chi connectivity index (χ0n) is 14.6. The van der Waals surface area contributed by atoms with Crippen molar-refractivity contribution in [1.82, 2.24) is 15.1 Å². The van der Waals surface area contributed by atoms with E-state index in [-0.39, 0.29) is 11.2 Å². The van der Waals surface area contributed by atoms with Crippen LogP contribution in [0.3, 0.4) is 0 Å². The Morgan fingerprint density at radius 3 is 2.96 bits per heavy atom. The molecule has 2 aromatic heterocycles. The molecular formula is C17H24N4O2S2. The summed E-state index contributed by atoms with van der Waals surface area (Å²) in [7, 11) is 1.94. The molecule has 0 radical (unpaired) electrons. The van der Waals surface area contributed by atoms with E-state index in [0.29, 0.717) is 12.6 Å². The van der Waals surface area contributed by atoms with Gasteiger partial charge < -0.3 is 14.6 Å². The van der Waals surface area contributed by atoms with Crippen molar-refractivity contribution in [2.45, 2.75) is 61.2 Å². The van der Waals surface area contributed by atoms with Crippen molar-refractivity contribution in [2.24, 2.45) is 0 Å². The molecule has 8 heteroatoms. The Balaban J connectivity index is 1.50. The van der Waals surface area contributed by atoms with Crippen LogP contribution in [0.1, 0.15) is 44.8 Å². The summed E-state index contributed by atoms with van der Waals surface area (Å²) >= 11 is 2.94. The number of hydrogen-bond donors (Lipinski definition) is 1. The Morgan fingerprint density at radius 2 is 2.24 bits per heavy atom. The van der Waals surface area contributed by atoms with E-state index < -0.39 is 0 Å². The number of anilines is 1. The van der Waals surface area contributed by atoms with Crippen LogP contribution >= 0.6 is 23.1 Å². The van der Waals surface area contributed by atoms with Crippen molar-refractivity contribution < 1.29 is 9.21 Å². The third-order valence-corrected chi connectivity index (χ3v) is 6.55. The summed E-state index contributed by atoms with van der Waals surface area (Å²) < 4.78 is 6.09. The molecule has 1 aliphatic rings. The van der Waals surface area contributed by atoms with E-state index in [2.05, 4.69) is 15.5 Å². The zero-order chi connectivity index (χ0) is 17.6. The number of aromatic nitrogens is 2. The topological polar surface area (TPSA) is 71.3 Å². The molecule has 0 spiro atoms. The molecule has 136 valence electrons. The van der Waals surface area contributed by atoms with Crippen LogP contribution in [0.2, 0.25) is 0 Å². The number of carbonyl (C=O) groups excluding carboxylic acids is 1. The lowest BCUT2D eigenvalue weighted by Gasteiger charge is -2.32. The average molecular weight is 381 g/mol. The smallest absolute Gasteiger partial charge is 0.235 e. The summed E-state index contributed by atoms with van der Waals surface area (Å²) in [5, 5.41) is 12.1. The van der Waals surface area contributed by atoms with Crippen LogP contribution in [0.5, 0.6) is 0 Å². The maximum absolute atomic E-state index is 12.7. The summed E-state index contributed by atoms with van der Waals surface area (Å²) in [6.07, 6.45) is 7.64. The van der Waals surface area contributed by atoms with Gasteiger partial charge in [0, 0.05) is 13.1 Å². The lowest BCUT2D eigenvalue weighted by Crippen LogP contribution is -2.42. The first-order valence-corrected chi connectivity index (χ1v) is 10.4. The van der Waals surface area contributed by atoms with Gasteiger partial charge in [0.25, 0.3) is 0 Å². The van der Waals surface area contributed by atoms with Crippen molar-refractivity contribution in [3.05, 3.63) is 24.2 Å². The van der Waals surface area contributed by atoms with Gasteiger partial charge in [0.05, 0.1) is 18.1 Å². The monoisotopic (exact) mass is 380 g/mol. The lowest BCUT2D eigenvalue weighted by molar-refractivity contribution is -0.131. The minimum Gasteiger partial charge on any atom is -0.467 e. The van der Waals surface area contributed by atoms with E-state index in [4.69, 9.17) is 4.42 Å². The zero-order valence-corrected chi connectivity index (χ0v) is 16.2. The first-order valence-electron chi connectivity index (χ1n) is 8.66. The van der Waals surface area contributed by atoms with Crippen molar-refractivity contribution in [3.8, 4) is 0 Å². The molecule has 1 aliphatic carbocycles. The van der Waals surface area contributed by atoms with Gasteiger partial charge >= 0.3 is 0 Å². The van der Waals surface area contributed by atoms with E-state index >= 15 is 0 Å². The van der Waals surface area contributed by atoms with Crippen LogP contribution in [-0.2, 0) is 11.3 Å². The van der Waals surface area contributed by atoms with Crippen LogP contribution in [0.4, 0.5) is 5.13 Å². The predicted molar refractivity (Wildman–Crippen MR) is 101 cm³/mol. The Bertz CT molecular complexity index is 668. The Hall–Kier alpha value is -1.54. The second-order valence-corrected chi connectivity index (χ2v) is 8.87. The van der Waals surface area contributed by atoms with Crippen LogP contribution in [0.15, 0.2) is 27.2 Å². The summed E-state index contributed by atoms with van der Waals surface area (Å²) in [5.41, 5.74) is 0. The van der Waals surface area contributed by atoms with Crippen molar-refractivity contribution in [1.29, 1.82) is 0 Å². The number of carbonyl (C=O) groups is 1. The summed E-state index contributed by atoms with van der Waals surface area (Å²) in [4.78, 5) is 14.6. The van der Waals surface area contributed by atoms with Crippen molar-refractivity contribution in [2.75, 3.05) is 12.4 Å². The largest absolute Gasteiger partial charge is 0.467 e. The third-order valence-electron chi connectivity index (χ3n) is 4.50. The fourth-order valence-corrected chi connectivity index (χ4v) is 5.03. The van der Waals surface area contributed by atoms with Gasteiger partial charge in [-0.1, -0.05) is 42.4 Å². The van der Waals surface area contributed by atoms with Gasteiger partial charge in [0.15, 0.2) is 4.34 Å². The maximum atomic E-state index is 12.7. The highest BCUT2D eigenvalue weighted by Gasteiger charge is 2.26. The number of rotatable bonds is 7. The van der Waals surface area contributed by atoms with Gasteiger partial charge in [-0.05, 0) is 31.9 Å². The van der Waals surface area contributed by atoms with Crippen molar-refractivity contribution >= 4 is 34.1 Å². The van der Waals surface area contributed by atoms with Gasteiger partial charge in [-0.15, -0.1) is 10.2 Å². The minimum absolute atomic E-state index is 0.155. The molecule has 3 rings (SSSR count). The molecule has 2 aromatic rings. The average Bonchev–Trinajstić information content (AvgIpc) is 3.31. The van der Waals surface area contributed by atoms with Crippen LogP contribution < -0.4 is 5.32 Å². The van der Waals surface area contributed by atoms with Gasteiger partial charge in [-0.2, -0.15) is 0 Å². The maximum Gasteiger partial charge on any atom is 0.235 e. The molecule has 1 amide bonds. The fraction of sp³-hybridized carbons (Fsp3) is 0.588. The van der Waals surface area contributed by atoms with Crippen LogP contribution in [0, 0.1) is 0 Å². The predicted octanol–water partition coefficient (Wildman–Crippen LogP) is 4.01. The van der Waals surface area contributed by atoms with Crippen molar-refractivity contribution in [3.63, 3.8) is 0 Å². The molecule has 1 unspecified atom stereocenters. The number of hydrogen-bond acceptors (Lipinski definition) is 7. The van der Waals surface area contributed by atoms with E-state index in [0.717, 1.165) is 28.1 Å². The van der Waals surface area contributed by atoms with Crippen LogP contribution in [-0.4, -0.2) is 39.3 Å². The minimum atomic E-state index is -0.155. The van der Waals surface area contributed by atoms with Gasteiger partial charge in [-0.25, -0.2) is 0 Å². The van der Waals surface area contributed by atoms with Gasteiger partial charge in [-0.3, -0.25) is 4.79 Å². The molecule has 1 N–H and O–H groups in total. The van der Waals surface area contributed by atoms with Gasteiger partial charge in [0.2, 0.25) is 11.0 Å². The molecular weight excluding hydrogens is 356 g/mol. The Labute approximate surface area is 156 Å². The van der Waals surface area contributed by atoms with E-state index in [1.54, 1.807) is 6.26 Å². The Morgan fingerprint density at radius 1 is 1.44 bits per heavy atom. The summed E-state index contributed by atoms with van der Waals surface area (Å²) in [5.74, 6) is 1.03. The highest BCUT2D eigenvalue weighted by Crippen LogP contribution is 2.31. The van der Waals surface area contributed by atoms with Crippen LogP contribution in [0.25, 0.3) is 0 Å². The quantitative estimate of drug-likeness (QED) is 0.732.